The van der Waals surface area contributed by atoms with Gasteiger partial charge in [0.15, 0.2) is 5.78 Å². The molecule has 0 radical (unpaired) electrons. The van der Waals surface area contributed by atoms with Gasteiger partial charge in [-0.2, -0.15) is 11.3 Å². The number of rotatable bonds is 10. The highest BCUT2D eigenvalue weighted by Crippen LogP contribution is 2.36. The first-order chi connectivity index (χ1) is 14.3. The van der Waals surface area contributed by atoms with Crippen LogP contribution in [0.1, 0.15) is 61.5 Å². The van der Waals surface area contributed by atoms with E-state index in [4.69, 9.17) is 0 Å². The Morgan fingerprint density at radius 2 is 1.45 bits per heavy atom. The molecular weight excluding hydrogens is 465 g/mol. The van der Waals surface area contributed by atoms with Crippen LogP contribution < -0.4 is 18.7 Å². The first-order valence-electron chi connectivity index (χ1n) is 12.2. The Labute approximate surface area is 201 Å². The lowest BCUT2D eigenvalue weighted by Gasteiger charge is -2.24. The molecule has 0 saturated carbocycles. The van der Waals surface area contributed by atoms with Crippen molar-refractivity contribution in [3.8, 4) is 11.1 Å². The van der Waals surface area contributed by atoms with E-state index in [9.17, 15) is 4.79 Å². The van der Waals surface area contributed by atoms with E-state index >= 15 is 0 Å². The average Bonchev–Trinajstić information content (AvgIpc) is 3.29. The van der Waals surface area contributed by atoms with Crippen molar-refractivity contribution in [2.75, 3.05) is 0 Å². The van der Waals surface area contributed by atoms with E-state index in [1.165, 1.54) is 37.7 Å². The number of carbonyl (C=O) groups is 1. The molecule has 1 nitrogen and oxygen atoms in total. The van der Waals surface area contributed by atoms with E-state index in [0.29, 0.717) is 5.78 Å². The summed E-state index contributed by atoms with van der Waals surface area (Å²) in [5.74, 6) is 0.386. The topological polar surface area (TPSA) is 17.1 Å². The molecule has 1 aliphatic heterocycles. The summed E-state index contributed by atoms with van der Waals surface area (Å²) in [4.78, 5) is 14.1. The monoisotopic (exact) mass is 506 g/mol. The predicted octanol–water partition coefficient (Wildman–Crippen LogP) is 6.64. The highest BCUT2D eigenvalue weighted by molar-refractivity contribution is 7.41. The maximum atomic E-state index is 13.1. The van der Waals surface area contributed by atoms with Gasteiger partial charge < -0.3 is 0 Å². The normalized spacial score (nSPS) is 15.3. The molecule has 0 aliphatic carbocycles. The zero-order chi connectivity index (χ0) is 23.2. The van der Waals surface area contributed by atoms with Crippen LogP contribution in [-0.4, -0.2) is 30.0 Å². The van der Waals surface area contributed by atoms with Crippen LogP contribution in [0.4, 0.5) is 0 Å². The number of hydrogen-bond donors (Lipinski definition) is 0. The number of carbonyl (C=O) groups excluding carboxylic acids is 1. The number of fused-ring (bicyclic) bond motifs is 3. The second kappa shape index (κ2) is 9.16. The minimum atomic E-state index is -1.74. The van der Waals surface area contributed by atoms with Gasteiger partial charge in [0, 0.05) is 10.9 Å². The van der Waals surface area contributed by atoms with Crippen molar-refractivity contribution in [2.45, 2.75) is 104 Å². The molecule has 2 aromatic heterocycles. The zero-order valence-electron chi connectivity index (χ0n) is 21.3. The van der Waals surface area contributed by atoms with Crippen LogP contribution in [0.15, 0.2) is 6.07 Å². The molecule has 6 heteroatoms. The maximum Gasteiger partial charge on any atom is 0.172 e. The van der Waals surface area contributed by atoms with E-state index in [0.717, 1.165) is 17.7 Å². The lowest BCUT2D eigenvalue weighted by Crippen LogP contribution is -2.58. The molecule has 0 amide bonds. The van der Waals surface area contributed by atoms with E-state index in [2.05, 4.69) is 76.7 Å². The molecule has 172 valence electrons. The molecule has 1 aliphatic rings. The molecule has 0 spiro atoms. The Bertz CT molecular complexity index is 955. The van der Waals surface area contributed by atoms with E-state index in [1.54, 1.807) is 24.3 Å². The Morgan fingerprint density at radius 3 is 2.03 bits per heavy atom. The summed E-state index contributed by atoms with van der Waals surface area (Å²) in [6.45, 7) is 22.4. The van der Waals surface area contributed by atoms with Crippen molar-refractivity contribution in [1.82, 2.24) is 0 Å². The largest absolute Gasteiger partial charge is 0.293 e. The van der Waals surface area contributed by atoms with Gasteiger partial charge in [-0.1, -0.05) is 91.4 Å². The molecule has 0 aromatic carbocycles. The minimum absolute atomic E-state index is 0.386. The second-order valence-corrected chi connectivity index (χ2v) is 29.3. The van der Waals surface area contributed by atoms with Crippen LogP contribution >= 0.6 is 22.7 Å². The first-order valence-corrected chi connectivity index (χ1v) is 23.8. The van der Waals surface area contributed by atoms with Gasteiger partial charge in [0.1, 0.15) is 8.07 Å². The molecule has 3 heterocycles. The number of unbranched alkanes of at least 4 members (excludes halogenated alkanes) is 5. The SMILES string of the molecule is CCCCCCCCC(=O)c1cc2c(s1)[Si](C)(C)c1c([Si](C)(C)C)sc([Si](C)(C)C)c1-2. The highest BCUT2D eigenvalue weighted by atomic mass is 32.1. The number of Topliss-reactive ketones (excluding diaryl/α,β-unsaturated/α-hetero) is 1. The second-order valence-electron chi connectivity index (χ2n) is 11.9. The third-order valence-corrected chi connectivity index (χ3v) is 21.2. The van der Waals surface area contributed by atoms with Crippen LogP contribution in [0, 0.1) is 0 Å². The summed E-state index contributed by atoms with van der Waals surface area (Å²) < 4.78 is 5.02. The lowest BCUT2D eigenvalue weighted by atomic mass is 10.1. The summed E-state index contributed by atoms with van der Waals surface area (Å²) in [5, 5.41) is 1.75. The van der Waals surface area contributed by atoms with Crippen LogP contribution in [0.3, 0.4) is 0 Å². The first kappa shape index (κ1) is 25.3. The molecule has 31 heavy (non-hydrogen) atoms. The van der Waals surface area contributed by atoms with Gasteiger partial charge in [-0.25, -0.2) is 0 Å². The number of ketones is 1. The van der Waals surface area contributed by atoms with Crippen molar-refractivity contribution >= 4 is 71.4 Å². The molecular formula is C25H42OS2Si3. The van der Waals surface area contributed by atoms with Crippen LogP contribution in [0.25, 0.3) is 11.1 Å². The highest BCUT2D eigenvalue weighted by Gasteiger charge is 2.47. The molecule has 2 aromatic rings. The third kappa shape index (κ3) is 4.98. The molecule has 0 atom stereocenters. The average molecular weight is 507 g/mol. The van der Waals surface area contributed by atoms with Gasteiger partial charge in [0.25, 0.3) is 0 Å². The fraction of sp³-hybridized carbons (Fsp3) is 0.640. The predicted molar refractivity (Wildman–Crippen MR) is 153 cm³/mol. The van der Waals surface area contributed by atoms with Gasteiger partial charge in [-0.3, -0.25) is 4.79 Å². The van der Waals surface area contributed by atoms with Crippen molar-refractivity contribution in [1.29, 1.82) is 0 Å². The van der Waals surface area contributed by atoms with Crippen molar-refractivity contribution in [2.24, 2.45) is 0 Å². The van der Waals surface area contributed by atoms with E-state index in [1.807, 2.05) is 11.3 Å². The quantitative estimate of drug-likeness (QED) is 0.201. The van der Waals surface area contributed by atoms with Gasteiger partial charge in [0.2, 0.25) is 0 Å². The molecule has 0 bridgehead atoms. The van der Waals surface area contributed by atoms with Crippen LogP contribution in [-0.2, 0) is 0 Å². The summed E-state index contributed by atoms with van der Waals surface area (Å²) in [6, 6.07) is 2.31. The fourth-order valence-electron chi connectivity index (χ4n) is 4.82. The molecule has 3 rings (SSSR count). The molecule has 0 unspecified atom stereocenters. The zero-order valence-corrected chi connectivity index (χ0v) is 25.9. The van der Waals surface area contributed by atoms with Gasteiger partial charge in [-0.05, 0) is 37.8 Å². The van der Waals surface area contributed by atoms with Crippen LogP contribution in [0.5, 0.6) is 0 Å². The lowest BCUT2D eigenvalue weighted by molar-refractivity contribution is 0.0983. The van der Waals surface area contributed by atoms with Gasteiger partial charge >= 0.3 is 0 Å². The van der Waals surface area contributed by atoms with E-state index in [-0.39, 0.29) is 0 Å². The Hall–Kier alpha value is -0.279. The Balaban J connectivity index is 1.94. The Morgan fingerprint density at radius 1 is 0.871 bits per heavy atom. The van der Waals surface area contributed by atoms with Crippen molar-refractivity contribution < 1.29 is 4.79 Å². The maximum absolute atomic E-state index is 13.1. The summed E-state index contributed by atoms with van der Waals surface area (Å²) in [7, 11) is -4.59. The number of hydrogen-bond acceptors (Lipinski definition) is 3. The van der Waals surface area contributed by atoms with Crippen LogP contribution in [0.2, 0.25) is 52.4 Å². The fourth-order valence-corrected chi connectivity index (χ4v) is 19.1. The summed E-state index contributed by atoms with van der Waals surface area (Å²) >= 11 is 4.02. The number of thiophene rings is 2. The third-order valence-electron chi connectivity index (χ3n) is 6.50. The smallest absolute Gasteiger partial charge is 0.172 e. The van der Waals surface area contributed by atoms with E-state index < -0.39 is 24.2 Å². The molecule has 0 saturated heterocycles. The van der Waals surface area contributed by atoms with Crippen molar-refractivity contribution in [3.05, 3.63) is 10.9 Å². The van der Waals surface area contributed by atoms with Gasteiger partial charge in [-0.15, -0.1) is 11.3 Å². The summed E-state index contributed by atoms with van der Waals surface area (Å²) in [5.41, 5.74) is 3.06. The van der Waals surface area contributed by atoms with Gasteiger partial charge in [0.05, 0.1) is 21.0 Å². The minimum Gasteiger partial charge on any atom is -0.293 e. The molecule has 0 N–H and O–H groups in total. The summed E-state index contributed by atoms with van der Waals surface area (Å²) in [6.07, 6.45) is 8.18. The molecule has 0 fully saturated rings. The standard InChI is InChI=1S/C25H42OS2Si3/c1-10-11-12-13-14-15-16-19(26)20-17-18-21-22(31(8,9)23(18)27-20)25(30(5,6)7)28-24(21)29(2,3)4/h17H,10-16H2,1-9H3. The van der Waals surface area contributed by atoms with Crippen molar-refractivity contribution in [3.63, 3.8) is 0 Å². The Kier molecular flexibility index (Phi) is 7.49.